The summed E-state index contributed by atoms with van der Waals surface area (Å²) in [7, 11) is 0. The molecule has 2 aromatic carbocycles. The van der Waals surface area contributed by atoms with Crippen LogP contribution in [0.2, 0.25) is 0 Å². The lowest BCUT2D eigenvalue weighted by atomic mass is 9.92. The highest BCUT2D eigenvalue weighted by molar-refractivity contribution is 5.98. The summed E-state index contributed by atoms with van der Waals surface area (Å²) in [6, 6.07) is 14.7. The largest absolute Gasteiger partial charge is 0.462 e. The highest BCUT2D eigenvalue weighted by Gasteiger charge is 2.37. The molecule has 1 N–H and O–H groups in total. The van der Waals surface area contributed by atoms with E-state index in [1.54, 1.807) is 45.0 Å². The Balaban J connectivity index is 1.45. The SMILES string of the molecule is CC(=O)OC1CCN(CCC(NC(=O)C2Cc3ccccc3CN2C(=O)CCC(=O)c2ccccc2)C(=O)OC(C)(C)C)CC1. The molecule has 0 radical (unpaired) electrons. The van der Waals surface area contributed by atoms with Crippen molar-refractivity contribution in [2.24, 2.45) is 0 Å². The monoisotopic (exact) mass is 619 g/mol. The Kier molecular flexibility index (Phi) is 11.5. The third-order valence-electron chi connectivity index (χ3n) is 8.14. The van der Waals surface area contributed by atoms with Crippen molar-refractivity contribution in [3.8, 4) is 0 Å². The molecule has 1 saturated heterocycles. The van der Waals surface area contributed by atoms with Crippen LogP contribution in [-0.2, 0) is 41.6 Å². The molecule has 2 atom stereocenters. The number of carbonyl (C=O) groups is 5. The van der Waals surface area contributed by atoms with Crippen LogP contribution in [0.4, 0.5) is 0 Å². The van der Waals surface area contributed by atoms with Crippen molar-refractivity contribution >= 4 is 29.5 Å². The van der Waals surface area contributed by atoms with Gasteiger partial charge in [0.1, 0.15) is 23.8 Å². The number of hydrogen-bond acceptors (Lipinski definition) is 8. The number of piperidine rings is 1. The Morgan fingerprint density at radius 3 is 2.20 bits per heavy atom. The first kappa shape index (κ1) is 33.8. The fourth-order valence-corrected chi connectivity index (χ4v) is 5.84. The highest BCUT2D eigenvalue weighted by atomic mass is 16.6. The fourth-order valence-electron chi connectivity index (χ4n) is 5.84. The molecular formula is C35H45N3O7. The van der Waals surface area contributed by atoms with Gasteiger partial charge < -0.3 is 24.6 Å². The molecule has 2 amide bonds. The van der Waals surface area contributed by atoms with Gasteiger partial charge in [-0.2, -0.15) is 0 Å². The molecule has 0 bridgehead atoms. The van der Waals surface area contributed by atoms with Crippen LogP contribution in [0.5, 0.6) is 0 Å². The van der Waals surface area contributed by atoms with Crippen LogP contribution in [0, 0.1) is 0 Å². The number of hydrogen-bond donors (Lipinski definition) is 1. The van der Waals surface area contributed by atoms with Gasteiger partial charge >= 0.3 is 11.9 Å². The van der Waals surface area contributed by atoms with E-state index in [-0.39, 0.29) is 43.2 Å². The lowest BCUT2D eigenvalue weighted by Gasteiger charge is -2.37. The number of benzene rings is 2. The van der Waals surface area contributed by atoms with Crippen LogP contribution >= 0.6 is 0 Å². The number of likely N-dealkylation sites (tertiary alicyclic amines) is 1. The number of nitrogens with one attached hydrogen (secondary N) is 1. The average Bonchev–Trinajstić information content (AvgIpc) is 3.01. The van der Waals surface area contributed by atoms with Crippen LogP contribution in [0.15, 0.2) is 54.6 Å². The van der Waals surface area contributed by atoms with Crippen molar-refractivity contribution < 1.29 is 33.4 Å². The first-order chi connectivity index (χ1) is 21.4. The summed E-state index contributed by atoms with van der Waals surface area (Å²) in [5.41, 5.74) is 1.70. The number of carbonyl (C=O) groups excluding carboxylic acids is 5. The molecule has 4 rings (SSSR count). The van der Waals surface area contributed by atoms with Crippen molar-refractivity contribution in [3.05, 3.63) is 71.3 Å². The number of rotatable bonds is 11. The number of Topliss-reactive ketones (excluding diaryl/α,β-unsaturated/α-hetero) is 1. The molecule has 0 spiro atoms. The van der Waals surface area contributed by atoms with Crippen LogP contribution in [0.3, 0.4) is 0 Å². The predicted octanol–water partition coefficient (Wildman–Crippen LogP) is 3.85. The molecule has 45 heavy (non-hydrogen) atoms. The maximum atomic E-state index is 13.9. The summed E-state index contributed by atoms with van der Waals surface area (Å²) in [4.78, 5) is 68.5. The Labute approximate surface area is 265 Å². The summed E-state index contributed by atoms with van der Waals surface area (Å²) in [6.45, 7) is 8.92. The van der Waals surface area contributed by atoms with Gasteiger partial charge in [-0.25, -0.2) is 4.79 Å². The number of ether oxygens (including phenoxy) is 2. The molecule has 0 saturated carbocycles. The van der Waals surface area contributed by atoms with Crippen molar-refractivity contribution in [3.63, 3.8) is 0 Å². The van der Waals surface area contributed by atoms with Crippen molar-refractivity contribution in [1.82, 2.24) is 15.1 Å². The number of ketones is 1. The van der Waals surface area contributed by atoms with Crippen molar-refractivity contribution in [2.45, 2.75) is 96.6 Å². The molecular weight excluding hydrogens is 574 g/mol. The van der Waals surface area contributed by atoms with Crippen molar-refractivity contribution in [2.75, 3.05) is 19.6 Å². The molecule has 10 heteroatoms. The smallest absolute Gasteiger partial charge is 0.329 e. The maximum absolute atomic E-state index is 13.9. The summed E-state index contributed by atoms with van der Waals surface area (Å²) in [6.07, 6.45) is 1.92. The summed E-state index contributed by atoms with van der Waals surface area (Å²) < 4.78 is 11.0. The van der Waals surface area contributed by atoms with E-state index >= 15 is 0 Å². The molecule has 2 aromatic rings. The first-order valence-corrected chi connectivity index (χ1v) is 15.8. The van der Waals surface area contributed by atoms with Crippen LogP contribution in [0.1, 0.15) is 81.3 Å². The maximum Gasteiger partial charge on any atom is 0.329 e. The van der Waals surface area contributed by atoms with E-state index in [9.17, 15) is 24.0 Å². The minimum atomic E-state index is -0.920. The van der Waals surface area contributed by atoms with Gasteiger partial charge in [0.2, 0.25) is 11.8 Å². The zero-order valence-corrected chi connectivity index (χ0v) is 26.8. The molecule has 0 aliphatic carbocycles. The molecule has 242 valence electrons. The second kappa shape index (κ2) is 15.3. The van der Waals surface area contributed by atoms with E-state index in [0.29, 0.717) is 50.9 Å². The van der Waals surface area contributed by atoms with Crippen LogP contribution in [0.25, 0.3) is 0 Å². The molecule has 2 aliphatic rings. The number of esters is 2. The fraction of sp³-hybridized carbons (Fsp3) is 0.514. The topological polar surface area (TPSA) is 122 Å². The normalized spacial score (nSPS) is 18.0. The number of amides is 2. The number of nitrogens with zero attached hydrogens (tertiary/aromatic N) is 2. The summed E-state index contributed by atoms with van der Waals surface area (Å²) in [5, 5.41) is 2.92. The van der Waals surface area contributed by atoms with E-state index in [1.807, 2.05) is 30.3 Å². The predicted molar refractivity (Wildman–Crippen MR) is 168 cm³/mol. The van der Waals surface area contributed by atoms with Crippen molar-refractivity contribution in [1.29, 1.82) is 0 Å². The lowest BCUT2D eigenvalue weighted by Crippen LogP contribution is -2.56. The van der Waals surface area contributed by atoms with Gasteiger partial charge in [0.05, 0.1) is 0 Å². The molecule has 0 aromatic heterocycles. The van der Waals surface area contributed by atoms with Gasteiger partial charge in [0, 0.05) is 57.9 Å². The number of fused-ring (bicyclic) bond motifs is 1. The average molecular weight is 620 g/mol. The zero-order valence-electron chi connectivity index (χ0n) is 26.8. The Morgan fingerprint density at radius 1 is 0.911 bits per heavy atom. The van der Waals surface area contributed by atoms with Gasteiger partial charge in [-0.15, -0.1) is 0 Å². The van der Waals surface area contributed by atoms with E-state index < -0.39 is 29.6 Å². The minimum absolute atomic E-state index is 0.0293. The van der Waals surface area contributed by atoms with Gasteiger partial charge in [0.25, 0.3) is 0 Å². The van der Waals surface area contributed by atoms with Crippen LogP contribution < -0.4 is 5.32 Å². The van der Waals surface area contributed by atoms with E-state index in [2.05, 4.69) is 10.2 Å². The minimum Gasteiger partial charge on any atom is -0.462 e. The Hall–Kier alpha value is -4.05. The summed E-state index contributed by atoms with van der Waals surface area (Å²) >= 11 is 0. The second-order valence-corrected chi connectivity index (χ2v) is 12.8. The quantitative estimate of drug-likeness (QED) is 0.297. The lowest BCUT2D eigenvalue weighted by molar-refractivity contribution is -0.159. The third-order valence-corrected chi connectivity index (χ3v) is 8.14. The molecule has 2 heterocycles. The molecule has 10 nitrogen and oxygen atoms in total. The molecule has 2 unspecified atom stereocenters. The van der Waals surface area contributed by atoms with Crippen LogP contribution in [-0.4, -0.2) is 82.8 Å². The second-order valence-electron chi connectivity index (χ2n) is 12.8. The van der Waals surface area contributed by atoms with Gasteiger partial charge in [-0.3, -0.25) is 19.2 Å². The van der Waals surface area contributed by atoms with Gasteiger partial charge in [-0.05, 0) is 51.2 Å². The summed E-state index contributed by atoms with van der Waals surface area (Å²) in [5.74, 6) is -1.69. The molecule has 2 aliphatic heterocycles. The zero-order chi connectivity index (χ0) is 32.6. The first-order valence-electron chi connectivity index (χ1n) is 15.8. The highest BCUT2D eigenvalue weighted by Crippen LogP contribution is 2.25. The van der Waals surface area contributed by atoms with E-state index in [4.69, 9.17) is 9.47 Å². The van der Waals surface area contributed by atoms with Gasteiger partial charge in [-0.1, -0.05) is 54.6 Å². The molecule has 1 fully saturated rings. The third kappa shape index (κ3) is 9.97. The van der Waals surface area contributed by atoms with E-state index in [1.165, 1.54) is 11.8 Å². The Bertz CT molecular complexity index is 1360. The Morgan fingerprint density at radius 2 is 1.56 bits per heavy atom. The van der Waals surface area contributed by atoms with Gasteiger partial charge in [0.15, 0.2) is 5.78 Å². The standard InChI is InChI=1S/C35H45N3O7/c1-24(39)44-28-16-19-37(20-17-28)21-18-29(34(43)45-35(2,3)4)36-33(42)30-22-26-12-8-9-13-27(26)23-38(30)32(41)15-14-31(40)25-10-6-5-7-11-25/h5-13,28-30H,14-23H2,1-4H3,(H,36,42). The van der Waals surface area contributed by atoms with E-state index in [0.717, 1.165) is 11.1 Å².